The fourth-order valence-electron chi connectivity index (χ4n) is 4.91. The third kappa shape index (κ3) is 30.8. The third-order valence-electron chi connectivity index (χ3n) is 7.43. The van der Waals surface area contributed by atoms with Crippen molar-refractivity contribution >= 4 is 11.9 Å². The molecule has 0 aliphatic rings. The molecule has 0 aliphatic heterocycles. The number of esters is 1. The Morgan fingerprint density at radius 3 is 1.59 bits per heavy atom. The Balaban J connectivity index is 3.71. The monoisotopic (exact) mass is 548 g/mol. The van der Waals surface area contributed by atoms with Crippen molar-refractivity contribution in [3.05, 3.63) is 24.3 Å². The van der Waals surface area contributed by atoms with Crippen LogP contribution < -0.4 is 0 Å². The Bertz CT molecular complexity index is 595. The van der Waals surface area contributed by atoms with Crippen LogP contribution in [0.15, 0.2) is 24.3 Å². The smallest absolute Gasteiger partial charge is 0.306 e. The fourth-order valence-corrected chi connectivity index (χ4v) is 4.91. The van der Waals surface area contributed by atoms with Crippen LogP contribution in [0.1, 0.15) is 181 Å². The van der Waals surface area contributed by atoms with E-state index in [1.165, 1.54) is 83.5 Å². The summed E-state index contributed by atoms with van der Waals surface area (Å²) < 4.78 is 5.88. The van der Waals surface area contributed by atoms with Gasteiger partial charge in [-0.25, -0.2) is 0 Å². The van der Waals surface area contributed by atoms with Crippen LogP contribution >= 0.6 is 0 Å². The quantitative estimate of drug-likeness (QED) is 0.0550. The second-order valence-electron chi connectivity index (χ2n) is 11.3. The lowest BCUT2D eigenvalue weighted by Crippen LogP contribution is -2.18. The number of rotatable bonds is 30. The van der Waals surface area contributed by atoms with E-state index in [1.807, 2.05) is 0 Å². The maximum Gasteiger partial charge on any atom is 0.306 e. The lowest BCUT2D eigenvalue weighted by atomic mass is 10.0. The van der Waals surface area contributed by atoms with Crippen LogP contribution in [0.4, 0.5) is 0 Å². The number of ether oxygens (including phenoxy) is 1. The minimum Gasteiger partial charge on any atom is -0.481 e. The van der Waals surface area contributed by atoms with Crippen molar-refractivity contribution in [2.75, 3.05) is 0 Å². The molecule has 1 atom stereocenters. The fraction of sp³-hybridized carbons (Fsp3) is 0.829. The molecule has 1 N–H and O–H groups in total. The summed E-state index contributed by atoms with van der Waals surface area (Å²) in [6.45, 7) is 4.44. The summed E-state index contributed by atoms with van der Waals surface area (Å²) in [5.74, 6) is -0.677. The number of hydrogen-bond acceptors (Lipinski definition) is 3. The number of allylic oxidation sites excluding steroid dienone is 4. The molecule has 1 unspecified atom stereocenters. The molecule has 0 heterocycles. The number of hydrogen-bond donors (Lipinski definition) is 1. The molecule has 228 valence electrons. The number of aliphatic carboxylic acids is 1. The maximum atomic E-state index is 12.4. The average Bonchev–Trinajstić information content (AvgIpc) is 2.92. The van der Waals surface area contributed by atoms with Crippen LogP contribution in [-0.4, -0.2) is 23.1 Å². The topological polar surface area (TPSA) is 63.6 Å². The van der Waals surface area contributed by atoms with Gasteiger partial charge in [-0.05, 0) is 64.2 Å². The van der Waals surface area contributed by atoms with Crippen molar-refractivity contribution in [2.45, 2.75) is 187 Å². The van der Waals surface area contributed by atoms with Gasteiger partial charge in [0.15, 0.2) is 0 Å². The van der Waals surface area contributed by atoms with Crippen molar-refractivity contribution in [3.8, 4) is 0 Å². The molecule has 0 bridgehead atoms. The molecule has 0 saturated heterocycles. The summed E-state index contributed by atoms with van der Waals surface area (Å²) in [5.41, 5.74) is 0. The molecule has 39 heavy (non-hydrogen) atoms. The van der Waals surface area contributed by atoms with E-state index in [9.17, 15) is 9.59 Å². The van der Waals surface area contributed by atoms with E-state index in [0.29, 0.717) is 12.8 Å². The molecular formula is C35H64O4. The highest BCUT2D eigenvalue weighted by molar-refractivity contribution is 5.69. The minimum atomic E-state index is -0.681. The van der Waals surface area contributed by atoms with E-state index in [2.05, 4.69) is 38.2 Å². The predicted octanol–water partition coefficient (Wildman–Crippen LogP) is 11.3. The van der Waals surface area contributed by atoms with E-state index in [-0.39, 0.29) is 12.1 Å². The first-order valence-electron chi connectivity index (χ1n) is 16.8. The van der Waals surface area contributed by atoms with Gasteiger partial charge < -0.3 is 9.84 Å². The highest BCUT2D eigenvalue weighted by Gasteiger charge is 2.13. The van der Waals surface area contributed by atoms with Crippen molar-refractivity contribution in [2.24, 2.45) is 0 Å². The molecule has 0 spiro atoms. The van der Waals surface area contributed by atoms with Crippen molar-refractivity contribution in [3.63, 3.8) is 0 Å². The second kappa shape index (κ2) is 31.0. The molecule has 0 amide bonds. The molecular weight excluding hydrogens is 484 g/mol. The predicted molar refractivity (Wildman–Crippen MR) is 167 cm³/mol. The summed E-state index contributed by atoms with van der Waals surface area (Å²) in [4.78, 5) is 22.9. The van der Waals surface area contributed by atoms with Crippen LogP contribution in [0.5, 0.6) is 0 Å². The van der Waals surface area contributed by atoms with Crippen LogP contribution in [0.25, 0.3) is 0 Å². The first kappa shape index (κ1) is 37.4. The molecule has 0 fully saturated rings. The molecule has 0 aromatic heterocycles. The van der Waals surface area contributed by atoms with Gasteiger partial charge in [-0.15, -0.1) is 0 Å². The standard InChI is InChI=1S/C35H64O4/c1-3-5-7-8-9-10-11-12-13-14-15-19-22-25-28-32-35(38)39-33(29-6-4-2)30-26-23-20-17-16-18-21-24-27-31-34(36)37/h9-10,12-13,33H,3-8,11,14-32H2,1-2H3,(H,36,37)/b10-9-,13-12-. The first-order chi connectivity index (χ1) is 19.1. The maximum absolute atomic E-state index is 12.4. The minimum absolute atomic E-state index is 0.00434. The second-order valence-corrected chi connectivity index (χ2v) is 11.3. The van der Waals surface area contributed by atoms with E-state index in [0.717, 1.165) is 70.6 Å². The molecule has 0 rings (SSSR count). The van der Waals surface area contributed by atoms with Crippen LogP contribution in [0.3, 0.4) is 0 Å². The van der Waals surface area contributed by atoms with Crippen LogP contribution in [-0.2, 0) is 14.3 Å². The zero-order valence-electron chi connectivity index (χ0n) is 25.9. The van der Waals surface area contributed by atoms with E-state index in [4.69, 9.17) is 9.84 Å². The highest BCUT2D eigenvalue weighted by atomic mass is 16.5. The lowest BCUT2D eigenvalue weighted by Gasteiger charge is -2.18. The first-order valence-corrected chi connectivity index (χ1v) is 16.8. The third-order valence-corrected chi connectivity index (χ3v) is 7.43. The van der Waals surface area contributed by atoms with E-state index < -0.39 is 5.97 Å². The molecule has 0 aromatic carbocycles. The van der Waals surface area contributed by atoms with Crippen molar-refractivity contribution in [1.82, 2.24) is 0 Å². The molecule has 4 heteroatoms. The summed E-state index contributed by atoms with van der Waals surface area (Å²) in [6, 6.07) is 0. The molecule has 0 aliphatic carbocycles. The van der Waals surface area contributed by atoms with Gasteiger partial charge >= 0.3 is 11.9 Å². The van der Waals surface area contributed by atoms with Gasteiger partial charge in [0.1, 0.15) is 6.10 Å². The number of carbonyl (C=O) groups is 2. The van der Waals surface area contributed by atoms with E-state index >= 15 is 0 Å². The van der Waals surface area contributed by atoms with Gasteiger partial charge in [-0.1, -0.05) is 128 Å². The van der Waals surface area contributed by atoms with Crippen LogP contribution in [0.2, 0.25) is 0 Å². The average molecular weight is 549 g/mol. The number of carboxylic acids is 1. The summed E-state index contributed by atoms with van der Waals surface area (Å²) in [7, 11) is 0. The van der Waals surface area contributed by atoms with Crippen LogP contribution in [0, 0.1) is 0 Å². The van der Waals surface area contributed by atoms with E-state index in [1.54, 1.807) is 0 Å². The van der Waals surface area contributed by atoms with Crippen molar-refractivity contribution in [1.29, 1.82) is 0 Å². The molecule has 0 radical (unpaired) electrons. The highest BCUT2D eigenvalue weighted by Crippen LogP contribution is 2.17. The Kier molecular flexibility index (Phi) is 29.7. The summed E-state index contributed by atoms with van der Waals surface area (Å²) >= 11 is 0. The Hall–Kier alpha value is -1.58. The van der Waals surface area contributed by atoms with Gasteiger partial charge in [0.25, 0.3) is 0 Å². The number of unbranched alkanes of at least 4 members (excludes halogenated alkanes) is 17. The van der Waals surface area contributed by atoms with Gasteiger partial charge in [-0.2, -0.15) is 0 Å². The van der Waals surface area contributed by atoms with Gasteiger partial charge in [-0.3, -0.25) is 9.59 Å². The normalized spacial score (nSPS) is 12.5. The summed E-state index contributed by atoms with van der Waals surface area (Å²) in [5, 5.41) is 8.67. The van der Waals surface area contributed by atoms with Gasteiger partial charge in [0.2, 0.25) is 0 Å². The zero-order valence-corrected chi connectivity index (χ0v) is 25.9. The SMILES string of the molecule is CCCCC/C=C\C/C=C\CCCCCCCC(=O)OC(CCCC)CCCCCCCCCCCC(=O)O. The van der Waals surface area contributed by atoms with Gasteiger partial charge in [0.05, 0.1) is 0 Å². The lowest BCUT2D eigenvalue weighted by molar-refractivity contribution is -0.150. The van der Waals surface area contributed by atoms with Crippen molar-refractivity contribution < 1.29 is 19.4 Å². The van der Waals surface area contributed by atoms with Gasteiger partial charge in [0, 0.05) is 12.8 Å². The Morgan fingerprint density at radius 2 is 1.03 bits per heavy atom. The Labute approximate surface area is 242 Å². The number of carbonyl (C=O) groups excluding carboxylic acids is 1. The summed E-state index contributed by atoms with van der Waals surface area (Å²) in [6.07, 6.45) is 37.9. The largest absolute Gasteiger partial charge is 0.481 e. The molecule has 0 aromatic rings. The Morgan fingerprint density at radius 1 is 0.564 bits per heavy atom. The zero-order chi connectivity index (χ0) is 28.7. The molecule has 4 nitrogen and oxygen atoms in total. The number of carboxylic acid groups (broad SMARTS) is 1. The molecule has 0 saturated carbocycles.